The predicted octanol–water partition coefficient (Wildman–Crippen LogP) is 4.62. The monoisotopic (exact) mass is 345 g/mol. The van der Waals surface area contributed by atoms with Crippen molar-refractivity contribution in [1.29, 1.82) is 0 Å². The third-order valence-electron chi connectivity index (χ3n) is 6.49. The number of aryl methyl sites for hydroxylation is 2. The molecular weight excluding hydrogens is 318 g/mol. The summed E-state index contributed by atoms with van der Waals surface area (Å²) in [5.41, 5.74) is 8.43. The van der Waals surface area contributed by atoms with Gasteiger partial charge in [-0.15, -0.1) is 0 Å². The second-order valence-corrected chi connectivity index (χ2v) is 8.53. The first-order valence-corrected chi connectivity index (χ1v) is 9.75. The lowest BCUT2D eigenvalue weighted by atomic mass is 9.72. The van der Waals surface area contributed by atoms with Crippen LogP contribution in [0.25, 0.3) is 10.9 Å². The Labute approximate surface area is 155 Å². The normalized spacial score (nSPS) is 25.5. The van der Waals surface area contributed by atoms with E-state index in [9.17, 15) is 0 Å². The molecular formula is C23H27N3. The van der Waals surface area contributed by atoms with Gasteiger partial charge in [0.15, 0.2) is 0 Å². The number of hydrogen-bond donors (Lipinski definition) is 0. The van der Waals surface area contributed by atoms with Crippen molar-refractivity contribution in [2.45, 2.75) is 45.7 Å². The maximum absolute atomic E-state index is 4.61. The molecule has 3 nitrogen and oxygen atoms in total. The third-order valence-corrected chi connectivity index (χ3v) is 6.49. The molecule has 3 atom stereocenters. The van der Waals surface area contributed by atoms with E-state index in [0.29, 0.717) is 17.8 Å². The minimum Gasteiger partial charge on any atom is -0.344 e. The molecule has 0 bridgehead atoms. The number of fused-ring (bicyclic) bond motifs is 3. The van der Waals surface area contributed by atoms with Crippen LogP contribution in [0.5, 0.6) is 0 Å². The minimum absolute atomic E-state index is 0.544. The molecule has 3 unspecified atom stereocenters. The van der Waals surface area contributed by atoms with E-state index >= 15 is 0 Å². The van der Waals surface area contributed by atoms with Crippen LogP contribution in [0.3, 0.4) is 0 Å². The molecule has 134 valence electrons. The number of pyridine rings is 1. The van der Waals surface area contributed by atoms with Crippen LogP contribution in [-0.4, -0.2) is 28.0 Å². The molecule has 3 heteroatoms. The van der Waals surface area contributed by atoms with Gasteiger partial charge in [0, 0.05) is 54.0 Å². The van der Waals surface area contributed by atoms with Gasteiger partial charge in [0.25, 0.3) is 0 Å². The highest BCUT2D eigenvalue weighted by Crippen LogP contribution is 2.49. The smallest absolute Gasteiger partial charge is 0.0486 e. The minimum atomic E-state index is 0.544. The lowest BCUT2D eigenvalue weighted by Gasteiger charge is -2.43. The van der Waals surface area contributed by atoms with Crippen molar-refractivity contribution in [2.75, 3.05) is 13.6 Å². The lowest BCUT2D eigenvalue weighted by Crippen LogP contribution is -2.40. The molecule has 2 aromatic heterocycles. The Morgan fingerprint density at radius 3 is 2.69 bits per heavy atom. The van der Waals surface area contributed by atoms with Crippen LogP contribution in [0.2, 0.25) is 0 Å². The summed E-state index contributed by atoms with van der Waals surface area (Å²) in [5, 5.41) is 1.46. The Morgan fingerprint density at radius 2 is 1.92 bits per heavy atom. The van der Waals surface area contributed by atoms with Crippen LogP contribution < -0.4 is 0 Å². The summed E-state index contributed by atoms with van der Waals surface area (Å²) in [4.78, 5) is 7.11. The molecule has 0 spiro atoms. The second-order valence-electron chi connectivity index (χ2n) is 8.53. The Kier molecular flexibility index (Phi) is 3.51. The van der Waals surface area contributed by atoms with E-state index < -0.39 is 0 Å². The molecule has 0 fully saturated rings. The topological polar surface area (TPSA) is 21.1 Å². The van der Waals surface area contributed by atoms with Crippen LogP contribution in [0.15, 0.2) is 36.5 Å². The molecule has 3 aromatic rings. The lowest BCUT2D eigenvalue weighted by molar-refractivity contribution is 0.204. The average Bonchev–Trinajstić information content (AvgIpc) is 2.90. The van der Waals surface area contributed by atoms with E-state index in [1.165, 1.54) is 22.0 Å². The molecule has 0 N–H and O–H groups in total. The zero-order valence-electron chi connectivity index (χ0n) is 16.2. The van der Waals surface area contributed by atoms with Gasteiger partial charge in [-0.2, -0.15) is 0 Å². The summed E-state index contributed by atoms with van der Waals surface area (Å²) in [6.07, 6.45) is 2.12. The van der Waals surface area contributed by atoms with Gasteiger partial charge < -0.3 is 9.47 Å². The average molecular weight is 345 g/mol. The fraction of sp³-hybridized carbons (Fsp3) is 0.435. The van der Waals surface area contributed by atoms with Crippen molar-refractivity contribution in [3.05, 3.63) is 64.6 Å². The molecule has 5 rings (SSSR count). The van der Waals surface area contributed by atoms with Crippen LogP contribution >= 0.6 is 0 Å². The second kappa shape index (κ2) is 5.68. The Balaban J connectivity index is 1.73. The zero-order valence-corrected chi connectivity index (χ0v) is 16.2. The van der Waals surface area contributed by atoms with Crippen molar-refractivity contribution in [2.24, 2.45) is 5.92 Å². The largest absolute Gasteiger partial charge is 0.344 e. The zero-order chi connectivity index (χ0) is 18.0. The standard InChI is InChI=1S/C23H27N3/c1-14-5-8-21-18(9-14)19-12-25(4)13-20-22(15(2)11-26(21)23(19)20)17-7-6-16(3)24-10-17/h5-10,15,20,22H,11-13H2,1-4H3. The van der Waals surface area contributed by atoms with E-state index in [4.69, 9.17) is 0 Å². The summed E-state index contributed by atoms with van der Waals surface area (Å²) in [5.74, 6) is 1.69. The highest BCUT2D eigenvalue weighted by atomic mass is 15.1. The number of benzene rings is 1. The summed E-state index contributed by atoms with van der Waals surface area (Å²) < 4.78 is 2.63. The van der Waals surface area contributed by atoms with Gasteiger partial charge in [0.1, 0.15) is 0 Å². The van der Waals surface area contributed by atoms with Gasteiger partial charge in [-0.3, -0.25) is 4.98 Å². The first kappa shape index (κ1) is 16.1. The van der Waals surface area contributed by atoms with Crippen LogP contribution in [-0.2, 0) is 13.1 Å². The van der Waals surface area contributed by atoms with Crippen molar-refractivity contribution in [3.8, 4) is 0 Å². The fourth-order valence-electron chi connectivity index (χ4n) is 5.42. The molecule has 0 saturated carbocycles. The van der Waals surface area contributed by atoms with Gasteiger partial charge in [0.05, 0.1) is 0 Å². The van der Waals surface area contributed by atoms with Crippen molar-refractivity contribution < 1.29 is 0 Å². The summed E-state index contributed by atoms with van der Waals surface area (Å²) in [6, 6.07) is 11.5. The van der Waals surface area contributed by atoms with E-state index in [-0.39, 0.29) is 0 Å². The Morgan fingerprint density at radius 1 is 1.08 bits per heavy atom. The summed E-state index contributed by atoms with van der Waals surface area (Å²) in [7, 11) is 2.27. The number of hydrogen-bond acceptors (Lipinski definition) is 2. The number of aromatic nitrogens is 2. The van der Waals surface area contributed by atoms with Crippen molar-refractivity contribution >= 4 is 10.9 Å². The first-order valence-electron chi connectivity index (χ1n) is 9.75. The van der Waals surface area contributed by atoms with Gasteiger partial charge in [-0.25, -0.2) is 0 Å². The molecule has 2 aliphatic heterocycles. The summed E-state index contributed by atoms with van der Waals surface area (Å²) >= 11 is 0. The maximum atomic E-state index is 4.61. The molecule has 2 aliphatic rings. The highest BCUT2D eigenvalue weighted by Gasteiger charge is 2.41. The van der Waals surface area contributed by atoms with E-state index in [0.717, 1.165) is 25.3 Å². The van der Waals surface area contributed by atoms with Crippen LogP contribution in [0, 0.1) is 19.8 Å². The molecule has 1 aromatic carbocycles. The van der Waals surface area contributed by atoms with Gasteiger partial charge in [0.2, 0.25) is 0 Å². The van der Waals surface area contributed by atoms with E-state index in [1.807, 2.05) is 0 Å². The van der Waals surface area contributed by atoms with Gasteiger partial charge in [-0.1, -0.05) is 24.6 Å². The Bertz CT molecular complexity index is 983. The third kappa shape index (κ3) is 2.26. The molecule has 0 aliphatic carbocycles. The highest BCUT2D eigenvalue weighted by molar-refractivity contribution is 5.87. The molecule has 26 heavy (non-hydrogen) atoms. The number of likely N-dealkylation sites (N-methyl/N-ethyl adjacent to an activating group) is 1. The van der Waals surface area contributed by atoms with E-state index in [1.54, 1.807) is 11.3 Å². The van der Waals surface area contributed by atoms with Crippen LogP contribution in [0.4, 0.5) is 0 Å². The quantitative estimate of drug-likeness (QED) is 0.642. The van der Waals surface area contributed by atoms with Gasteiger partial charge in [-0.05, 0) is 62.1 Å². The number of rotatable bonds is 1. The SMILES string of the molecule is Cc1ccc2c(c1)c1c3n2CC(C)C(c2ccc(C)nc2)C3CN(C)C1. The first-order chi connectivity index (χ1) is 12.5. The van der Waals surface area contributed by atoms with Crippen molar-refractivity contribution in [3.63, 3.8) is 0 Å². The predicted molar refractivity (Wildman–Crippen MR) is 107 cm³/mol. The fourth-order valence-corrected chi connectivity index (χ4v) is 5.42. The molecule has 0 radical (unpaired) electrons. The number of nitrogens with zero attached hydrogens (tertiary/aromatic N) is 3. The van der Waals surface area contributed by atoms with Crippen LogP contribution in [0.1, 0.15) is 46.8 Å². The molecule has 0 saturated heterocycles. The molecule has 0 amide bonds. The summed E-state index contributed by atoms with van der Waals surface area (Å²) in [6.45, 7) is 9.99. The van der Waals surface area contributed by atoms with Crippen molar-refractivity contribution in [1.82, 2.24) is 14.5 Å². The molecule has 4 heterocycles. The maximum Gasteiger partial charge on any atom is 0.0486 e. The van der Waals surface area contributed by atoms with Gasteiger partial charge >= 0.3 is 0 Å². The van der Waals surface area contributed by atoms with E-state index in [2.05, 4.69) is 78.8 Å². The Hall–Kier alpha value is -2.13.